The van der Waals surface area contributed by atoms with Gasteiger partial charge in [0.1, 0.15) is 5.01 Å². The topological polar surface area (TPSA) is 70.1 Å². The molecular formula is C19H16NNaO3S2. The summed E-state index contributed by atoms with van der Waals surface area (Å²) in [6, 6.07) is 16.2. The van der Waals surface area contributed by atoms with Crippen LogP contribution in [0.4, 0.5) is 0 Å². The molecule has 1 unspecified atom stereocenters. The van der Waals surface area contributed by atoms with Crippen LogP contribution in [0, 0.1) is 0 Å². The van der Waals surface area contributed by atoms with E-state index in [0.29, 0.717) is 12.8 Å². The summed E-state index contributed by atoms with van der Waals surface area (Å²) in [5.74, 6) is -0.282. The van der Waals surface area contributed by atoms with Crippen LogP contribution in [0.25, 0.3) is 16.3 Å². The van der Waals surface area contributed by atoms with Crippen molar-refractivity contribution in [2.45, 2.75) is 18.8 Å². The molecule has 7 heteroatoms. The minimum atomic E-state index is -4.18. The summed E-state index contributed by atoms with van der Waals surface area (Å²) in [5, 5.41) is 1.02. The normalized spacial score (nSPS) is 16.2. The van der Waals surface area contributed by atoms with Gasteiger partial charge in [-0.1, -0.05) is 48.0 Å². The maximum absolute atomic E-state index is 10.9. The first kappa shape index (κ1) is 19.7. The number of hydrogen-bond acceptors (Lipinski definition) is 5. The molecule has 128 valence electrons. The van der Waals surface area contributed by atoms with Crippen molar-refractivity contribution in [3.05, 3.63) is 70.2 Å². The third-order valence-electron chi connectivity index (χ3n) is 4.44. The molecule has 2 aromatic carbocycles. The Hall–Kier alpha value is -1.02. The Kier molecular flexibility index (Phi) is 6.01. The Morgan fingerprint density at radius 3 is 2.58 bits per heavy atom. The van der Waals surface area contributed by atoms with E-state index in [-0.39, 0.29) is 41.2 Å². The molecule has 1 aromatic heterocycles. The van der Waals surface area contributed by atoms with Crippen molar-refractivity contribution in [2.75, 3.05) is 5.75 Å². The summed E-state index contributed by atoms with van der Waals surface area (Å²) in [4.78, 5) is 4.80. The van der Waals surface area contributed by atoms with Crippen LogP contribution in [0.3, 0.4) is 0 Å². The van der Waals surface area contributed by atoms with E-state index in [1.165, 1.54) is 5.56 Å². The zero-order valence-corrected chi connectivity index (χ0v) is 18.0. The van der Waals surface area contributed by atoms with E-state index in [9.17, 15) is 13.0 Å². The minimum Gasteiger partial charge on any atom is -0.748 e. The van der Waals surface area contributed by atoms with Crippen molar-refractivity contribution in [3.63, 3.8) is 0 Å². The van der Waals surface area contributed by atoms with Gasteiger partial charge in [-0.25, -0.2) is 13.4 Å². The summed E-state index contributed by atoms with van der Waals surface area (Å²) >= 11 is 1.67. The Morgan fingerprint density at radius 1 is 1.08 bits per heavy atom. The van der Waals surface area contributed by atoms with E-state index in [1.54, 1.807) is 11.3 Å². The molecule has 0 amide bonds. The van der Waals surface area contributed by atoms with Gasteiger partial charge in [0, 0.05) is 5.75 Å². The Labute approximate surface area is 179 Å². The molecule has 1 atom stereocenters. The fraction of sp³-hybridized carbons (Fsp3) is 0.211. The first-order chi connectivity index (χ1) is 12.0. The number of aromatic nitrogens is 1. The summed E-state index contributed by atoms with van der Waals surface area (Å²) < 4.78 is 33.9. The first-order valence-electron chi connectivity index (χ1n) is 8.10. The van der Waals surface area contributed by atoms with Gasteiger partial charge in [0.05, 0.1) is 26.3 Å². The molecule has 0 aliphatic heterocycles. The Bertz CT molecular complexity index is 1040. The molecule has 0 radical (unpaired) electrons. The summed E-state index contributed by atoms with van der Waals surface area (Å²) in [6.07, 6.45) is 3.04. The van der Waals surface area contributed by atoms with Crippen LogP contribution < -0.4 is 29.6 Å². The predicted octanol–water partition coefficient (Wildman–Crippen LogP) is 1.15. The zero-order valence-electron chi connectivity index (χ0n) is 14.4. The van der Waals surface area contributed by atoms with Crippen LogP contribution in [0.2, 0.25) is 0 Å². The predicted molar refractivity (Wildman–Crippen MR) is 99.7 cm³/mol. The van der Waals surface area contributed by atoms with E-state index in [2.05, 4.69) is 24.3 Å². The molecule has 0 spiro atoms. The molecule has 0 bridgehead atoms. The molecule has 0 saturated carbocycles. The quantitative estimate of drug-likeness (QED) is 0.482. The second-order valence-electron chi connectivity index (χ2n) is 6.17. The average Bonchev–Trinajstić information content (AvgIpc) is 3.13. The van der Waals surface area contributed by atoms with Crippen molar-refractivity contribution in [1.29, 1.82) is 0 Å². The van der Waals surface area contributed by atoms with E-state index >= 15 is 0 Å². The van der Waals surface area contributed by atoms with Crippen LogP contribution in [0.5, 0.6) is 0 Å². The van der Waals surface area contributed by atoms with Gasteiger partial charge in [-0.2, -0.15) is 0 Å². The first-order valence-corrected chi connectivity index (χ1v) is 10.5. The van der Waals surface area contributed by atoms with Crippen LogP contribution in [-0.4, -0.2) is 23.7 Å². The van der Waals surface area contributed by atoms with Gasteiger partial charge in [0.2, 0.25) is 0 Å². The summed E-state index contributed by atoms with van der Waals surface area (Å²) in [6.45, 7) is 0. The molecule has 1 heterocycles. The Morgan fingerprint density at radius 2 is 1.81 bits per heavy atom. The summed E-state index contributed by atoms with van der Waals surface area (Å²) in [7, 11) is -4.18. The molecule has 0 fully saturated rings. The average molecular weight is 393 g/mol. The smallest absolute Gasteiger partial charge is 0.748 e. The zero-order chi connectivity index (χ0) is 17.4. The van der Waals surface area contributed by atoms with Crippen LogP contribution in [0.15, 0.2) is 54.1 Å². The second kappa shape index (κ2) is 7.92. The third-order valence-corrected chi connectivity index (χ3v) is 6.33. The monoisotopic (exact) mass is 393 g/mol. The van der Waals surface area contributed by atoms with Gasteiger partial charge < -0.3 is 4.55 Å². The molecule has 1 aliphatic carbocycles. The van der Waals surface area contributed by atoms with E-state index < -0.39 is 10.1 Å². The maximum Gasteiger partial charge on any atom is 1.00 e. The fourth-order valence-corrected chi connectivity index (χ4v) is 4.99. The number of fused-ring (bicyclic) bond motifs is 2. The van der Waals surface area contributed by atoms with Crippen LogP contribution in [0.1, 0.15) is 34.9 Å². The second-order valence-corrected chi connectivity index (χ2v) is 8.75. The van der Waals surface area contributed by atoms with E-state index in [0.717, 1.165) is 26.4 Å². The number of benzene rings is 2. The van der Waals surface area contributed by atoms with E-state index in [4.69, 9.17) is 4.98 Å². The van der Waals surface area contributed by atoms with Crippen molar-refractivity contribution in [2.24, 2.45) is 0 Å². The van der Waals surface area contributed by atoms with Gasteiger partial charge in [0.15, 0.2) is 0 Å². The van der Waals surface area contributed by atoms with Crippen LogP contribution in [-0.2, 0) is 10.1 Å². The molecule has 26 heavy (non-hydrogen) atoms. The molecule has 0 saturated heterocycles. The van der Waals surface area contributed by atoms with Gasteiger partial charge in [-0.3, -0.25) is 0 Å². The fourth-order valence-electron chi connectivity index (χ4n) is 3.36. The van der Waals surface area contributed by atoms with Gasteiger partial charge in [0.25, 0.3) is 0 Å². The van der Waals surface area contributed by atoms with Crippen molar-refractivity contribution in [1.82, 2.24) is 4.98 Å². The van der Waals surface area contributed by atoms with Crippen molar-refractivity contribution < 1.29 is 42.5 Å². The Balaban J connectivity index is 0.00000196. The SMILES string of the molecule is O=S(=O)([O-])CCCC1=Cc2ccccc2C1c1nc2ccccc2s1.[Na+]. The van der Waals surface area contributed by atoms with Gasteiger partial charge >= 0.3 is 29.6 Å². The molecular weight excluding hydrogens is 377 g/mol. The van der Waals surface area contributed by atoms with Gasteiger partial charge in [-0.05, 0) is 36.1 Å². The van der Waals surface area contributed by atoms with E-state index in [1.807, 2.05) is 30.3 Å². The molecule has 3 aromatic rings. The standard InChI is InChI=1S/C19H17NO3S2.Na/c21-25(22,23)11-5-7-14-12-13-6-1-2-8-15(13)18(14)19-20-16-9-3-4-10-17(16)24-19;/h1-4,6,8-10,12,18H,5,7,11H2,(H,21,22,23);/q;+1/p-1. The third kappa shape index (κ3) is 4.11. The van der Waals surface area contributed by atoms with Crippen LogP contribution >= 0.6 is 11.3 Å². The molecule has 4 rings (SSSR count). The number of allylic oxidation sites excluding steroid dienone is 1. The largest absolute Gasteiger partial charge is 1.00 e. The molecule has 4 nitrogen and oxygen atoms in total. The minimum absolute atomic E-state index is 0. The van der Waals surface area contributed by atoms with Crippen molar-refractivity contribution >= 4 is 37.7 Å². The maximum atomic E-state index is 10.9. The number of hydrogen-bond donors (Lipinski definition) is 0. The number of rotatable bonds is 5. The van der Waals surface area contributed by atoms with Gasteiger partial charge in [-0.15, -0.1) is 11.3 Å². The number of para-hydroxylation sites is 1. The number of nitrogens with zero attached hydrogens (tertiary/aromatic N) is 1. The molecule has 0 N–H and O–H groups in total. The van der Waals surface area contributed by atoms with Crippen molar-refractivity contribution in [3.8, 4) is 0 Å². The summed E-state index contributed by atoms with van der Waals surface area (Å²) in [5.41, 5.74) is 4.45. The number of thiazole rings is 1. The molecule has 1 aliphatic rings.